The minimum Gasteiger partial charge on any atom is -0.477 e. The lowest BCUT2D eigenvalue weighted by Gasteiger charge is -2.07. The van der Waals surface area contributed by atoms with Crippen molar-refractivity contribution in [3.63, 3.8) is 0 Å². The second kappa shape index (κ2) is 8.04. The Morgan fingerprint density at radius 1 is 1.42 bits per heavy atom. The van der Waals surface area contributed by atoms with Crippen LogP contribution in [0.2, 0.25) is 0 Å². The minimum atomic E-state index is -1.08. The average molecular weight is 267 g/mol. The summed E-state index contributed by atoms with van der Waals surface area (Å²) in [5, 5.41) is 14.4. The molecule has 0 unspecified atom stereocenters. The molecule has 7 nitrogen and oxygen atoms in total. The zero-order valence-corrected chi connectivity index (χ0v) is 10.7. The van der Waals surface area contributed by atoms with Crippen LogP contribution in [0, 0.1) is 0 Å². The molecule has 7 heteroatoms. The zero-order chi connectivity index (χ0) is 14.1. The van der Waals surface area contributed by atoms with Gasteiger partial charge in [-0.15, -0.1) is 0 Å². The number of aromatic nitrogens is 1. The highest BCUT2D eigenvalue weighted by Crippen LogP contribution is 2.07. The van der Waals surface area contributed by atoms with E-state index in [4.69, 9.17) is 9.84 Å². The van der Waals surface area contributed by atoms with Crippen molar-refractivity contribution >= 4 is 17.6 Å². The molecule has 0 saturated heterocycles. The van der Waals surface area contributed by atoms with Crippen LogP contribution in [0.15, 0.2) is 18.3 Å². The van der Waals surface area contributed by atoms with Crippen LogP contribution < -0.4 is 10.6 Å². The SMILES string of the molecule is COCCNC(=O)CCNc1ccnc(C(=O)O)c1. The molecule has 1 amide bonds. The van der Waals surface area contributed by atoms with Gasteiger partial charge in [0.05, 0.1) is 6.61 Å². The lowest BCUT2D eigenvalue weighted by atomic mass is 10.3. The van der Waals surface area contributed by atoms with Gasteiger partial charge >= 0.3 is 5.97 Å². The van der Waals surface area contributed by atoms with E-state index in [-0.39, 0.29) is 11.6 Å². The third-order valence-electron chi connectivity index (χ3n) is 2.29. The van der Waals surface area contributed by atoms with E-state index in [1.54, 1.807) is 13.2 Å². The number of carboxylic acid groups (broad SMARTS) is 1. The lowest BCUT2D eigenvalue weighted by molar-refractivity contribution is -0.121. The Morgan fingerprint density at radius 3 is 2.89 bits per heavy atom. The van der Waals surface area contributed by atoms with E-state index in [0.717, 1.165) is 0 Å². The van der Waals surface area contributed by atoms with Crippen molar-refractivity contribution in [2.45, 2.75) is 6.42 Å². The summed E-state index contributed by atoms with van der Waals surface area (Å²) in [5.74, 6) is -1.17. The molecular formula is C12H17N3O4. The van der Waals surface area contributed by atoms with Crippen molar-refractivity contribution in [2.24, 2.45) is 0 Å². The first-order valence-corrected chi connectivity index (χ1v) is 5.82. The first-order valence-electron chi connectivity index (χ1n) is 5.82. The summed E-state index contributed by atoms with van der Waals surface area (Å²) in [6.45, 7) is 1.38. The second-order valence-corrected chi connectivity index (χ2v) is 3.75. The highest BCUT2D eigenvalue weighted by atomic mass is 16.5. The van der Waals surface area contributed by atoms with Crippen LogP contribution in [0.4, 0.5) is 5.69 Å². The van der Waals surface area contributed by atoms with Crippen LogP contribution in [-0.2, 0) is 9.53 Å². The van der Waals surface area contributed by atoms with Crippen molar-refractivity contribution in [3.8, 4) is 0 Å². The van der Waals surface area contributed by atoms with Gasteiger partial charge in [0, 0.05) is 38.5 Å². The molecule has 0 aliphatic rings. The molecule has 0 atom stereocenters. The minimum absolute atomic E-state index is 0.0328. The Morgan fingerprint density at radius 2 is 2.21 bits per heavy atom. The van der Waals surface area contributed by atoms with E-state index in [1.807, 2.05) is 0 Å². The molecule has 104 valence electrons. The molecule has 3 N–H and O–H groups in total. The molecule has 1 heterocycles. The molecule has 1 rings (SSSR count). The summed E-state index contributed by atoms with van der Waals surface area (Å²) in [7, 11) is 1.57. The molecule has 19 heavy (non-hydrogen) atoms. The number of carbonyl (C=O) groups is 2. The highest BCUT2D eigenvalue weighted by molar-refractivity contribution is 5.86. The van der Waals surface area contributed by atoms with Crippen molar-refractivity contribution in [1.82, 2.24) is 10.3 Å². The first-order chi connectivity index (χ1) is 9.13. The molecule has 0 radical (unpaired) electrons. The maximum absolute atomic E-state index is 11.4. The van der Waals surface area contributed by atoms with E-state index in [9.17, 15) is 9.59 Å². The van der Waals surface area contributed by atoms with Crippen LogP contribution >= 0.6 is 0 Å². The quantitative estimate of drug-likeness (QED) is 0.587. The van der Waals surface area contributed by atoms with Gasteiger partial charge in [0.1, 0.15) is 5.69 Å². The number of amides is 1. The molecule has 0 aliphatic carbocycles. The van der Waals surface area contributed by atoms with Gasteiger partial charge in [-0.3, -0.25) is 4.79 Å². The number of carbonyl (C=O) groups excluding carboxylic acids is 1. The fraction of sp³-hybridized carbons (Fsp3) is 0.417. The van der Waals surface area contributed by atoms with Gasteiger partial charge in [0.2, 0.25) is 5.91 Å². The van der Waals surface area contributed by atoms with Crippen LogP contribution in [0.3, 0.4) is 0 Å². The van der Waals surface area contributed by atoms with Crippen molar-refractivity contribution in [1.29, 1.82) is 0 Å². The monoisotopic (exact) mass is 267 g/mol. The number of hydrogen-bond donors (Lipinski definition) is 3. The lowest BCUT2D eigenvalue weighted by Crippen LogP contribution is -2.28. The number of nitrogens with one attached hydrogen (secondary N) is 2. The number of nitrogens with zero attached hydrogens (tertiary/aromatic N) is 1. The Kier molecular flexibility index (Phi) is 6.31. The van der Waals surface area contributed by atoms with Crippen molar-refractivity contribution < 1.29 is 19.4 Å². The van der Waals surface area contributed by atoms with Gasteiger partial charge in [-0.2, -0.15) is 0 Å². The fourth-order valence-corrected chi connectivity index (χ4v) is 1.36. The summed E-state index contributed by atoms with van der Waals surface area (Å²) in [6.07, 6.45) is 1.71. The summed E-state index contributed by atoms with van der Waals surface area (Å²) in [5.41, 5.74) is 0.589. The summed E-state index contributed by atoms with van der Waals surface area (Å²) >= 11 is 0. The second-order valence-electron chi connectivity index (χ2n) is 3.75. The molecule has 0 fully saturated rings. The number of pyridine rings is 1. The van der Waals surface area contributed by atoms with E-state index in [0.29, 0.717) is 31.8 Å². The van der Waals surface area contributed by atoms with Crippen molar-refractivity contribution in [3.05, 3.63) is 24.0 Å². The Hall–Kier alpha value is -2.15. The molecule has 0 aromatic carbocycles. The number of ether oxygens (including phenoxy) is 1. The van der Waals surface area contributed by atoms with E-state index >= 15 is 0 Å². The largest absolute Gasteiger partial charge is 0.477 e. The topological polar surface area (TPSA) is 101 Å². The van der Waals surface area contributed by atoms with Gasteiger partial charge in [-0.05, 0) is 12.1 Å². The summed E-state index contributed by atoms with van der Waals surface area (Å²) in [6, 6.07) is 3.07. The molecule has 0 spiro atoms. The van der Waals surface area contributed by atoms with Gasteiger partial charge < -0.3 is 20.5 Å². The number of anilines is 1. The van der Waals surface area contributed by atoms with E-state index in [2.05, 4.69) is 15.6 Å². The van der Waals surface area contributed by atoms with E-state index < -0.39 is 5.97 Å². The average Bonchev–Trinajstić information content (AvgIpc) is 2.39. The smallest absolute Gasteiger partial charge is 0.354 e. The van der Waals surface area contributed by atoms with Crippen LogP contribution in [-0.4, -0.2) is 48.8 Å². The van der Waals surface area contributed by atoms with Crippen LogP contribution in [0.25, 0.3) is 0 Å². The maximum Gasteiger partial charge on any atom is 0.354 e. The number of aromatic carboxylic acids is 1. The normalized spacial score (nSPS) is 9.95. The molecule has 0 aliphatic heterocycles. The third kappa shape index (κ3) is 5.82. The van der Waals surface area contributed by atoms with Crippen LogP contribution in [0.1, 0.15) is 16.9 Å². The van der Waals surface area contributed by atoms with Gasteiger partial charge in [0.25, 0.3) is 0 Å². The Balaban J connectivity index is 2.31. The van der Waals surface area contributed by atoms with E-state index in [1.165, 1.54) is 12.3 Å². The van der Waals surface area contributed by atoms with Crippen molar-refractivity contribution in [2.75, 3.05) is 32.1 Å². The summed E-state index contributed by atoms with van der Waals surface area (Å²) in [4.78, 5) is 25.8. The molecule has 0 saturated carbocycles. The fourth-order valence-electron chi connectivity index (χ4n) is 1.36. The third-order valence-corrected chi connectivity index (χ3v) is 2.29. The maximum atomic E-state index is 11.4. The zero-order valence-electron chi connectivity index (χ0n) is 10.7. The molecule has 1 aromatic heterocycles. The first kappa shape index (κ1) is 14.9. The van der Waals surface area contributed by atoms with Crippen LogP contribution in [0.5, 0.6) is 0 Å². The standard InChI is InChI=1S/C12H17N3O4/c1-19-7-6-15-11(16)3-5-13-9-2-4-14-10(8-9)12(17)18/h2,4,8H,3,5-7H2,1H3,(H,13,14)(H,15,16)(H,17,18). The molecule has 0 bridgehead atoms. The Bertz CT molecular complexity index is 437. The molecule has 1 aromatic rings. The van der Waals surface area contributed by atoms with Gasteiger partial charge in [-0.25, -0.2) is 9.78 Å². The number of carboxylic acids is 1. The number of methoxy groups -OCH3 is 1. The number of hydrogen-bond acceptors (Lipinski definition) is 5. The highest BCUT2D eigenvalue weighted by Gasteiger charge is 2.05. The summed E-state index contributed by atoms with van der Waals surface area (Å²) < 4.78 is 4.81. The van der Waals surface area contributed by atoms with Gasteiger partial charge in [0.15, 0.2) is 0 Å². The Labute approximate surface area is 111 Å². The predicted octanol–water partition coefficient (Wildman–Crippen LogP) is 0.344. The predicted molar refractivity (Wildman–Crippen MR) is 69.2 cm³/mol. The molecular weight excluding hydrogens is 250 g/mol. The van der Waals surface area contributed by atoms with Gasteiger partial charge in [-0.1, -0.05) is 0 Å². The number of rotatable bonds is 8.